The molecule has 10 heteroatoms. The van der Waals surface area contributed by atoms with Crippen LogP contribution >= 0.6 is 11.6 Å². The van der Waals surface area contributed by atoms with E-state index in [1.54, 1.807) is 5.01 Å². The van der Waals surface area contributed by atoms with Gasteiger partial charge in [0.1, 0.15) is 20.1 Å². The number of hydrogen-bond acceptors (Lipinski definition) is 9. The van der Waals surface area contributed by atoms with Crippen molar-refractivity contribution in [2.45, 2.75) is 77.0 Å². The fourth-order valence-corrected chi connectivity index (χ4v) is 6.28. The third-order valence-corrected chi connectivity index (χ3v) is 8.13. The SMILES string of the molecule is CCC=C1/C(=C\CC)CC2(C(=O)OC)OCN(CN3COC4(C=O)C/C(C)=C/C(Cl)=C\C=C(/C)CC4=N3)N(C)C12. The van der Waals surface area contributed by atoms with E-state index in [1.165, 1.54) is 7.11 Å². The van der Waals surface area contributed by atoms with Crippen LogP contribution in [0.2, 0.25) is 0 Å². The van der Waals surface area contributed by atoms with E-state index in [4.69, 9.17) is 30.9 Å². The van der Waals surface area contributed by atoms with E-state index >= 15 is 0 Å². The highest BCUT2D eigenvalue weighted by Crippen LogP contribution is 2.47. The Balaban J connectivity index is 1.65. The van der Waals surface area contributed by atoms with Crippen molar-refractivity contribution in [1.82, 2.24) is 15.0 Å². The highest BCUT2D eigenvalue weighted by Gasteiger charge is 2.60. The van der Waals surface area contributed by atoms with Crippen molar-refractivity contribution in [1.29, 1.82) is 0 Å². The zero-order valence-corrected chi connectivity index (χ0v) is 25.2. The summed E-state index contributed by atoms with van der Waals surface area (Å²) in [4.78, 5) is 25.7. The molecule has 2 heterocycles. The first-order chi connectivity index (χ1) is 19.1. The summed E-state index contributed by atoms with van der Waals surface area (Å²) in [5.41, 5.74) is 2.52. The van der Waals surface area contributed by atoms with Crippen LogP contribution in [0, 0.1) is 0 Å². The summed E-state index contributed by atoms with van der Waals surface area (Å²) >= 11 is 6.34. The lowest BCUT2D eigenvalue weighted by molar-refractivity contribution is -0.258. The summed E-state index contributed by atoms with van der Waals surface area (Å²) in [6, 6.07) is -0.345. The molecule has 0 radical (unpaired) electrons. The van der Waals surface area contributed by atoms with Gasteiger partial charge in [0.05, 0.1) is 18.9 Å². The van der Waals surface area contributed by atoms with Gasteiger partial charge >= 0.3 is 5.97 Å². The average Bonchev–Trinajstić information content (AvgIpc) is 3.24. The molecule has 3 unspecified atom stereocenters. The minimum atomic E-state index is -1.16. The smallest absolute Gasteiger partial charge is 0.340 e. The maximum Gasteiger partial charge on any atom is 0.340 e. The number of allylic oxidation sites excluding steroid dienone is 7. The van der Waals surface area contributed by atoms with E-state index in [0.717, 1.165) is 41.4 Å². The maximum absolute atomic E-state index is 13.2. The molecule has 1 saturated heterocycles. The monoisotopic (exact) mass is 572 g/mol. The number of rotatable bonds is 6. The fourth-order valence-electron chi connectivity index (χ4n) is 6.03. The Morgan fingerprint density at radius 3 is 2.58 bits per heavy atom. The number of aldehydes is 1. The van der Waals surface area contributed by atoms with Crippen LogP contribution in [0.25, 0.3) is 0 Å². The molecular formula is C30H41ClN4O5. The van der Waals surface area contributed by atoms with Crippen molar-refractivity contribution in [2.24, 2.45) is 5.10 Å². The zero-order chi connectivity index (χ0) is 29.1. The fraction of sp³-hybridized carbons (Fsp3) is 0.567. The number of carbonyl (C=O) groups excluding carboxylic acids is 2. The normalized spacial score (nSPS) is 36.0. The molecule has 0 aromatic heterocycles. The molecule has 9 nitrogen and oxygen atoms in total. The molecule has 40 heavy (non-hydrogen) atoms. The lowest BCUT2D eigenvalue weighted by Crippen LogP contribution is -2.67. The molecule has 2 aliphatic carbocycles. The predicted octanol–water partition coefficient (Wildman–Crippen LogP) is 4.83. The van der Waals surface area contributed by atoms with Crippen molar-refractivity contribution in [2.75, 3.05) is 34.3 Å². The minimum Gasteiger partial charge on any atom is -0.467 e. The zero-order valence-electron chi connectivity index (χ0n) is 24.4. The molecule has 0 aromatic rings. The summed E-state index contributed by atoms with van der Waals surface area (Å²) in [6.45, 7) is 8.74. The number of carbonyl (C=O) groups is 2. The van der Waals surface area contributed by atoms with Crippen molar-refractivity contribution in [3.05, 3.63) is 57.7 Å². The predicted molar refractivity (Wildman–Crippen MR) is 155 cm³/mol. The molecule has 2 aliphatic heterocycles. The first-order valence-electron chi connectivity index (χ1n) is 13.9. The van der Waals surface area contributed by atoms with E-state index in [-0.39, 0.29) is 25.5 Å². The third kappa shape index (κ3) is 5.76. The highest BCUT2D eigenvalue weighted by atomic mass is 35.5. The number of nitrogens with zero attached hydrogens (tertiary/aromatic N) is 4. The molecule has 0 bridgehead atoms. The summed E-state index contributed by atoms with van der Waals surface area (Å²) in [5.74, 6) is -0.371. The molecule has 218 valence electrons. The lowest BCUT2D eigenvalue weighted by Gasteiger charge is -2.49. The Kier molecular flexibility index (Phi) is 9.52. The van der Waals surface area contributed by atoms with E-state index < -0.39 is 11.2 Å². The Hall–Kier alpha value is -2.56. The van der Waals surface area contributed by atoms with Gasteiger partial charge in [-0.2, -0.15) is 10.1 Å². The van der Waals surface area contributed by atoms with Crippen molar-refractivity contribution >= 4 is 29.6 Å². The Bertz CT molecular complexity index is 1200. The van der Waals surface area contributed by atoms with E-state index in [2.05, 4.69) is 31.0 Å². The van der Waals surface area contributed by atoms with E-state index in [9.17, 15) is 9.59 Å². The standard InChI is InChI=1S/C30H41ClN4O5/c1-7-9-23-16-30(28(37)38-6)27(25(23)10-8-2)33(5)35(20-40-30)18-34-19-39-29(17-36)15-22(4)13-24(31)12-11-21(3)14-26(29)32-34/h9-13,17,27H,7-8,14-16,18-20H2,1-6H3/b21-11+,22-13+,23-9-,24-12+,25-10?. The van der Waals surface area contributed by atoms with E-state index in [0.29, 0.717) is 36.7 Å². The van der Waals surface area contributed by atoms with Crippen LogP contribution in [0.1, 0.15) is 59.8 Å². The largest absolute Gasteiger partial charge is 0.467 e. The molecule has 3 atom stereocenters. The van der Waals surface area contributed by atoms with Crippen molar-refractivity contribution < 1.29 is 23.8 Å². The van der Waals surface area contributed by atoms with Crippen LogP contribution in [0.4, 0.5) is 0 Å². The number of methoxy groups -OCH3 is 1. The topological polar surface area (TPSA) is 83.9 Å². The number of ether oxygens (including phenoxy) is 3. The number of hydrazine groups is 1. The van der Waals surface area contributed by atoms with Crippen molar-refractivity contribution in [3.8, 4) is 0 Å². The molecule has 1 saturated carbocycles. The first kappa shape index (κ1) is 30.4. The van der Waals surface area contributed by atoms with E-state index in [1.807, 2.05) is 44.1 Å². The summed E-state index contributed by atoms with van der Waals surface area (Å²) < 4.78 is 17.9. The number of esters is 1. The number of fused-ring (bicyclic) bond motifs is 2. The third-order valence-electron chi connectivity index (χ3n) is 7.89. The number of hydrazone groups is 1. The average molecular weight is 573 g/mol. The second kappa shape index (κ2) is 12.5. The molecule has 4 aliphatic rings. The van der Waals surface area contributed by atoms with Crippen LogP contribution in [0.3, 0.4) is 0 Å². The Morgan fingerprint density at radius 2 is 1.90 bits per heavy atom. The molecule has 4 rings (SSSR count). The molecule has 2 fully saturated rings. The molecule has 0 spiro atoms. The molecule has 0 N–H and O–H groups in total. The number of hydrogen-bond donors (Lipinski definition) is 0. The lowest BCUT2D eigenvalue weighted by atomic mass is 9.86. The summed E-state index contributed by atoms with van der Waals surface area (Å²) in [6.07, 6.45) is 13.9. The van der Waals surface area contributed by atoms with Gasteiger partial charge in [0.2, 0.25) is 0 Å². The van der Waals surface area contributed by atoms with Crippen LogP contribution < -0.4 is 0 Å². The van der Waals surface area contributed by atoms with Gasteiger partial charge in [-0.15, -0.1) is 0 Å². The summed E-state index contributed by atoms with van der Waals surface area (Å²) in [7, 11) is 3.38. The van der Waals surface area contributed by atoms with Gasteiger partial charge in [-0.1, -0.05) is 54.8 Å². The second-order valence-corrected chi connectivity index (χ2v) is 11.3. The van der Waals surface area contributed by atoms with Gasteiger partial charge in [-0.3, -0.25) is 9.80 Å². The Labute approximate surface area is 242 Å². The molecule has 0 amide bonds. The van der Waals surface area contributed by atoms with Crippen molar-refractivity contribution in [3.63, 3.8) is 0 Å². The van der Waals surface area contributed by atoms with Gasteiger partial charge < -0.3 is 14.2 Å². The first-order valence-corrected chi connectivity index (χ1v) is 14.2. The van der Waals surface area contributed by atoms with Gasteiger partial charge in [0, 0.05) is 31.3 Å². The van der Waals surface area contributed by atoms with Gasteiger partial charge in [-0.25, -0.2) is 9.80 Å². The molecular weight excluding hydrogens is 532 g/mol. The number of likely N-dealkylation sites (N-methyl/N-ethyl adjacent to an activating group) is 1. The Morgan fingerprint density at radius 1 is 1.15 bits per heavy atom. The van der Waals surface area contributed by atoms with Gasteiger partial charge in [0.25, 0.3) is 0 Å². The maximum atomic E-state index is 13.2. The summed E-state index contributed by atoms with van der Waals surface area (Å²) in [5, 5.41) is 11.4. The van der Waals surface area contributed by atoms with Gasteiger partial charge in [-0.05, 0) is 50.0 Å². The van der Waals surface area contributed by atoms with Crippen LogP contribution in [0.15, 0.2) is 62.8 Å². The highest BCUT2D eigenvalue weighted by molar-refractivity contribution is 6.31. The van der Waals surface area contributed by atoms with Crippen LogP contribution in [-0.2, 0) is 23.8 Å². The van der Waals surface area contributed by atoms with Crippen LogP contribution in [0.5, 0.6) is 0 Å². The van der Waals surface area contributed by atoms with Gasteiger partial charge in [0.15, 0.2) is 17.5 Å². The second-order valence-electron chi connectivity index (χ2n) is 10.9. The quantitative estimate of drug-likeness (QED) is 0.331. The number of halogens is 1. The minimum absolute atomic E-state index is 0.123. The molecule has 0 aromatic carbocycles. The van der Waals surface area contributed by atoms with Crippen LogP contribution in [-0.4, -0.2) is 84.5 Å².